The number of methoxy groups -OCH3 is 1. The highest BCUT2D eigenvalue weighted by molar-refractivity contribution is 5.98. The van der Waals surface area contributed by atoms with Crippen molar-refractivity contribution in [3.63, 3.8) is 0 Å². The third-order valence-corrected chi connectivity index (χ3v) is 4.80. The maximum Gasteiger partial charge on any atom is 0.430 e. The van der Waals surface area contributed by atoms with Gasteiger partial charge < -0.3 is 10.1 Å². The number of amides is 1. The van der Waals surface area contributed by atoms with Gasteiger partial charge in [0.15, 0.2) is 0 Å². The molecule has 4 rings (SSSR count). The molecule has 0 bridgehead atoms. The van der Waals surface area contributed by atoms with Gasteiger partial charge in [-0.1, -0.05) is 47.7 Å². The number of benzene rings is 2. The van der Waals surface area contributed by atoms with Crippen LogP contribution in [-0.2, 0) is 21.8 Å². The molecule has 1 amide bonds. The highest BCUT2D eigenvalue weighted by Crippen LogP contribution is 2.42. The molecule has 160 valence electrons. The number of carbonyl (C=O) groups excluding carboxylic acids is 1. The molecular weight excluding hydrogens is 413 g/mol. The molecule has 0 radical (unpaired) electrons. The highest BCUT2D eigenvalue weighted by atomic mass is 19.4. The van der Waals surface area contributed by atoms with Gasteiger partial charge in [-0.05, 0) is 12.1 Å². The lowest BCUT2D eigenvalue weighted by atomic mass is 9.91. The normalized spacial score (nSPS) is 13.8. The molecule has 1 N–H and O–H groups in total. The molecular formula is C20H17F3N6O2. The Balaban J connectivity index is 1.58. The topological polar surface area (TPSA) is 86.9 Å². The molecule has 0 saturated heterocycles. The van der Waals surface area contributed by atoms with Crippen molar-refractivity contribution in [1.82, 2.24) is 24.8 Å². The third kappa shape index (κ3) is 3.63. The van der Waals surface area contributed by atoms with E-state index in [1.54, 1.807) is 16.8 Å². The number of anilines is 1. The number of halogens is 3. The third-order valence-electron chi connectivity index (χ3n) is 4.80. The summed E-state index contributed by atoms with van der Waals surface area (Å²) in [5.74, 6) is -1.38. The van der Waals surface area contributed by atoms with E-state index in [9.17, 15) is 18.0 Å². The van der Waals surface area contributed by atoms with Crippen LogP contribution in [0.5, 0.6) is 0 Å². The minimum absolute atomic E-state index is 0.0797. The lowest BCUT2D eigenvalue weighted by Crippen LogP contribution is -2.53. The van der Waals surface area contributed by atoms with Crippen LogP contribution in [-0.4, -0.2) is 44.0 Å². The second-order valence-electron chi connectivity index (χ2n) is 6.69. The Morgan fingerprint density at radius 1 is 1.10 bits per heavy atom. The predicted molar refractivity (Wildman–Crippen MR) is 105 cm³/mol. The smallest absolute Gasteiger partial charge is 0.356 e. The first-order valence-electron chi connectivity index (χ1n) is 9.14. The number of para-hydroxylation sites is 1. The Morgan fingerprint density at radius 3 is 2.52 bits per heavy atom. The molecule has 11 heteroatoms. The van der Waals surface area contributed by atoms with Crippen molar-refractivity contribution >= 4 is 22.6 Å². The van der Waals surface area contributed by atoms with E-state index in [-0.39, 0.29) is 17.9 Å². The van der Waals surface area contributed by atoms with Crippen LogP contribution in [0.15, 0.2) is 67.0 Å². The summed E-state index contributed by atoms with van der Waals surface area (Å²) in [4.78, 5) is 12.8. The van der Waals surface area contributed by atoms with E-state index >= 15 is 0 Å². The fourth-order valence-corrected chi connectivity index (χ4v) is 3.31. The molecule has 0 aliphatic carbocycles. The molecule has 0 fully saturated rings. The number of nitrogens with zero attached hydrogens (tertiary/aromatic N) is 5. The lowest BCUT2D eigenvalue weighted by Gasteiger charge is -2.33. The summed E-state index contributed by atoms with van der Waals surface area (Å²) in [6, 6.07) is 14.0. The average Bonchev–Trinajstić information content (AvgIpc) is 3.36. The first-order valence-corrected chi connectivity index (χ1v) is 9.14. The number of rotatable bonds is 6. The molecule has 2 aromatic carbocycles. The molecule has 2 aromatic heterocycles. The van der Waals surface area contributed by atoms with Crippen LogP contribution in [0.3, 0.4) is 0 Å². The molecule has 4 aromatic rings. The summed E-state index contributed by atoms with van der Waals surface area (Å²) in [7, 11) is 0.847. The maximum absolute atomic E-state index is 14.0. The van der Waals surface area contributed by atoms with Crippen LogP contribution in [0.2, 0.25) is 0 Å². The first-order chi connectivity index (χ1) is 14.8. The van der Waals surface area contributed by atoms with Crippen LogP contribution < -0.4 is 5.32 Å². The number of alkyl halides is 3. The van der Waals surface area contributed by atoms with Crippen molar-refractivity contribution in [1.29, 1.82) is 0 Å². The summed E-state index contributed by atoms with van der Waals surface area (Å²) in [5, 5.41) is 14.4. The van der Waals surface area contributed by atoms with Gasteiger partial charge in [0.25, 0.3) is 11.5 Å². The fourth-order valence-electron chi connectivity index (χ4n) is 3.31. The second kappa shape index (κ2) is 7.84. The summed E-state index contributed by atoms with van der Waals surface area (Å²) in [6.07, 6.45) is -2.35. The maximum atomic E-state index is 14.0. The van der Waals surface area contributed by atoms with Gasteiger partial charge in [0, 0.05) is 12.7 Å². The van der Waals surface area contributed by atoms with Gasteiger partial charge >= 0.3 is 6.18 Å². The van der Waals surface area contributed by atoms with Crippen molar-refractivity contribution in [3.8, 4) is 0 Å². The van der Waals surface area contributed by atoms with E-state index in [0.717, 1.165) is 12.6 Å². The first kappa shape index (κ1) is 20.5. The minimum Gasteiger partial charge on any atom is -0.356 e. The van der Waals surface area contributed by atoms with Gasteiger partial charge in [0.1, 0.15) is 12.2 Å². The molecule has 0 aliphatic rings. The van der Waals surface area contributed by atoms with Gasteiger partial charge in [-0.25, -0.2) is 9.36 Å². The molecule has 0 spiro atoms. The van der Waals surface area contributed by atoms with Crippen molar-refractivity contribution in [2.45, 2.75) is 18.4 Å². The number of hydrogen-bond acceptors (Lipinski definition) is 5. The number of carbonyl (C=O) groups is 1. The molecule has 31 heavy (non-hydrogen) atoms. The summed E-state index contributed by atoms with van der Waals surface area (Å²) in [6.45, 7) is 0.157. The van der Waals surface area contributed by atoms with Gasteiger partial charge in [0.2, 0.25) is 0 Å². The molecule has 1 atom stereocenters. The number of hydrogen-bond donors (Lipinski definition) is 1. The van der Waals surface area contributed by atoms with Crippen molar-refractivity contribution < 1.29 is 22.7 Å². The average molecular weight is 430 g/mol. The van der Waals surface area contributed by atoms with E-state index < -0.39 is 17.7 Å². The van der Waals surface area contributed by atoms with E-state index in [1.807, 2.05) is 18.2 Å². The molecule has 0 aliphatic heterocycles. The zero-order valence-electron chi connectivity index (χ0n) is 16.2. The number of fused-ring (bicyclic) bond motifs is 1. The van der Waals surface area contributed by atoms with E-state index in [1.165, 1.54) is 41.3 Å². The Kier molecular flexibility index (Phi) is 5.19. The minimum atomic E-state index is -5.00. The molecule has 0 saturated carbocycles. The van der Waals surface area contributed by atoms with Gasteiger partial charge in [0.05, 0.1) is 23.6 Å². The Bertz CT molecular complexity index is 1200. The molecule has 1 unspecified atom stereocenters. The van der Waals surface area contributed by atoms with E-state index in [0.29, 0.717) is 5.52 Å². The van der Waals surface area contributed by atoms with E-state index in [4.69, 9.17) is 4.74 Å². The van der Waals surface area contributed by atoms with E-state index in [2.05, 4.69) is 20.7 Å². The number of nitrogens with one attached hydrogen (secondary N) is 1. The largest absolute Gasteiger partial charge is 0.430 e. The van der Waals surface area contributed by atoms with Crippen LogP contribution in [0.4, 0.5) is 18.9 Å². The van der Waals surface area contributed by atoms with Crippen molar-refractivity contribution in [2.24, 2.45) is 0 Å². The standard InChI is InChI=1S/C20H17F3N6O2/c1-31-19(20(21,22)23,14-7-3-2-4-8-14)18(30)25-15-11-24-28(12-15)13-29-17-10-6-5-9-16(17)26-27-29/h2-12H,13H2,1H3,(H,25,30). The fraction of sp³-hybridized carbons (Fsp3) is 0.200. The Labute approximate surface area is 174 Å². The Morgan fingerprint density at radius 2 is 1.81 bits per heavy atom. The molecule has 8 nitrogen and oxygen atoms in total. The quantitative estimate of drug-likeness (QED) is 0.508. The zero-order chi connectivity index (χ0) is 22.1. The van der Waals surface area contributed by atoms with Gasteiger partial charge in [-0.15, -0.1) is 5.10 Å². The SMILES string of the molecule is COC(C(=O)Nc1cnn(Cn2nnc3ccccc32)c1)(c1ccccc1)C(F)(F)F. The summed E-state index contributed by atoms with van der Waals surface area (Å²) in [5.41, 5.74) is -1.96. The van der Waals surface area contributed by atoms with Gasteiger partial charge in [-0.2, -0.15) is 18.3 Å². The van der Waals surface area contributed by atoms with Gasteiger partial charge in [-0.3, -0.25) is 4.79 Å². The lowest BCUT2D eigenvalue weighted by molar-refractivity contribution is -0.263. The monoisotopic (exact) mass is 430 g/mol. The Hall–Kier alpha value is -3.73. The second-order valence-corrected chi connectivity index (χ2v) is 6.69. The van der Waals surface area contributed by atoms with Crippen molar-refractivity contribution in [2.75, 3.05) is 12.4 Å². The number of ether oxygens (including phenoxy) is 1. The van der Waals surface area contributed by atoms with Crippen molar-refractivity contribution in [3.05, 3.63) is 72.6 Å². The summed E-state index contributed by atoms with van der Waals surface area (Å²) < 4.78 is 49.8. The van der Waals surface area contributed by atoms with Crippen LogP contribution in [0, 0.1) is 0 Å². The van der Waals surface area contributed by atoms with Crippen LogP contribution >= 0.6 is 0 Å². The van der Waals surface area contributed by atoms with Crippen LogP contribution in [0.25, 0.3) is 11.0 Å². The highest BCUT2D eigenvalue weighted by Gasteiger charge is 2.62. The number of aromatic nitrogens is 5. The molecule has 2 heterocycles. The predicted octanol–water partition coefficient (Wildman–Crippen LogP) is 3.18. The zero-order valence-corrected chi connectivity index (χ0v) is 16.2. The summed E-state index contributed by atoms with van der Waals surface area (Å²) >= 11 is 0. The van der Waals surface area contributed by atoms with Crippen LogP contribution in [0.1, 0.15) is 5.56 Å².